The summed E-state index contributed by atoms with van der Waals surface area (Å²) in [6, 6.07) is 7.81. The highest BCUT2D eigenvalue weighted by Gasteiger charge is 2.41. The summed E-state index contributed by atoms with van der Waals surface area (Å²) in [6.07, 6.45) is 1.79. The van der Waals surface area contributed by atoms with Gasteiger partial charge in [0, 0.05) is 44.4 Å². The first-order valence-electron chi connectivity index (χ1n) is 8.77. The van der Waals surface area contributed by atoms with Gasteiger partial charge in [0.2, 0.25) is 0 Å². The summed E-state index contributed by atoms with van der Waals surface area (Å²) < 4.78 is 0. The first-order valence-corrected chi connectivity index (χ1v) is 8.77. The molecule has 3 amide bonds. The van der Waals surface area contributed by atoms with Gasteiger partial charge in [-0.2, -0.15) is 5.10 Å². The van der Waals surface area contributed by atoms with Gasteiger partial charge < -0.3 is 15.1 Å². The molecule has 0 radical (unpaired) electrons. The topological polar surface area (TPSA) is 68.2 Å². The van der Waals surface area contributed by atoms with Gasteiger partial charge in [0.15, 0.2) is 0 Å². The summed E-state index contributed by atoms with van der Waals surface area (Å²) in [5.74, 6) is 0.0231. The van der Waals surface area contributed by atoms with E-state index in [1.165, 1.54) is 0 Å². The minimum absolute atomic E-state index is 0.0231. The van der Waals surface area contributed by atoms with E-state index in [0.29, 0.717) is 18.7 Å². The van der Waals surface area contributed by atoms with Crippen LogP contribution in [0.25, 0.3) is 0 Å². The Hall–Kier alpha value is -2.57. The summed E-state index contributed by atoms with van der Waals surface area (Å²) in [5, 5.41) is 9.42. The third kappa shape index (κ3) is 2.83. The molecule has 1 aromatic carbocycles. The molecule has 0 saturated carbocycles. The molecule has 25 heavy (non-hydrogen) atoms. The summed E-state index contributed by atoms with van der Waals surface area (Å²) in [5.41, 5.74) is 2.82. The van der Waals surface area contributed by atoms with Gasteiger partial charge in [-0.1, -0.05) is 0 Å². The number of likely N-dealkylation sites (N-methyl/N-ethyl adjacent to an activating group) is 1. The molecule has 7 heteroatoms. The molecule has 3 aliphatic rings. The lowest BCUT2D eigenvalue weighted by molar-refractivity contribution is 0.0666. The molecule has 3 aliphatic heterocycles. The number of carbonyl (C=O) groups excluding carboxylic acids is 2. The van der Waals surface area contributed by atoms with Gasteiger partial charge in [0.05, 0.1) is 17.8 Å². The van der Waals surface area contributed by atoms with Gasteiger partial charge in [-0.25, -0.2) is 4.79 Å². The number of nitrogens with zero attached hydrogens (tertiary/aromatic N) is 4. The first kappa shape index (κ1) is 15.9. The lowest BCUT2D eigenvalue weighted by Crippen LogP contribution is -2.52. The van der Waals surface area contributed by atoms with Crippen LogP contribution in [0.5, 0.6) is 0 Å². The largest absolute Gasteiger partial charge is 0.336 e. The van der Waals surface area contributed by atoms with Crippen LogP contribution in [0, 0.1) is 0 Å². The number of carbonyl (C=O) groups is 2. The van der Waals surface area contributed by atoms with Crippen LogP contribution < -0.4 is 10.3 Å². The van der Waals surface area contributed by atoms with Crippen LogP contribution in [0.1, 0.15) is 30.1 Å². The molecule has 3 heterocycles. The molecule has 132 valence electrons. The molecule has 0 unspecified atom stereocenters. The van der Waals surface area contributed by atoms with E-state index in [9.17, 15) is 9.59 Å². The maximum atomic E-state index is 12.8. The van der Waals surface area contributed by atoms with Crippen molar-refractivity contribution in [3.8, 4) is 0 Å². The van der Waals surface area contributed by atoms with Crippen LogP contribution in [0.15, 0.2) is 29.4 Å². The zero-order chi connectivity index (χ0) is 17.6. The summed E-state index contributed by atoms with van der Waals surface area (Å²) in [4.78, 5) is 28.2. The lowest BCUT2D eigenvalue weighted by atomic mass is 9.99. The normalized spacial score (nSPS) is 25.8. The van der Waals surface area contributed by atoms with Crippen molar-refractivity contribution in [2.45, 2.75) is 31.8 Å². The molecule has 1 N–H and O–H groups in total. The molecule has 2 fully saturated rings. The first-order chi connectivity index (χ1) is 12.0. The van der Waals surface area contributed by atoms with Crippen LogP contribution in [-0.2, 0) is 0 Å². The monoisotopic (exact) mass is 341 g/mol. The molecule has 2 atom stereocenters. The van der Waals surface area contributed by atoms with Gasteiger partial charge in [-0.05, 0) is 37.6 Å². The average Bonchev–Trinajstić information content (AvgIpc) is 3.18. The average molecular weight is 341 g/mol. The number of anilines is 1. The molecular weight excluding hydrogens is 318 g/mol. The Kier molecular flexibility index (Phi) is 3.86. The number of fused-ring (bicyclic) bond motifs is 1. The standard InChI is InChI=1S/C18H23N5O2/c1-12-7-10-23(20-12)14-5-3-13(4-6-14)17(24)22-9-8-16-15(11-22)19-18(25)21(16)2/h3-6,15-16H,7-11H2,1-2H3,(H,19,25)/t15-,16+/m1/s1. The predicted octanol–water partition coefficient (Wildman–Crippen LogP) is 1.51. The molecule has 0 spiro atoms. The number of likely N-dealkylation sites (tertiary alicyclic amines) is 1. The van der Waals surface area contributed by atoms with Crippen LogP contribution in [0.3, 0.4) is 0 Å². The fourth-order valence-electron chi connectivity index (χ4n) is 3.86. The van der Waals surface area contributed by atoms with Crippen molar-refractivity contribution in [3.63, 3.8) is 0 Å². The highest BCUT2D eigenvalue weighted by atomic mass is 16.2. The fourth-order valence-corrected chi connectivity index (χ4v) is 3.86. The molecule has 0 aliphatic carbocycles. The number of hydrazone groups is 1. The van der Waals surface area contributed by atoms with Crippen LogP contribution in [0.4, 0.5) is 10.5 Å². The Morgan fingerprint density at radius 2 is 2.00 bits per heavy atom. The molecule has 4 rings (SSSR count). The van der Waals surface area contributed by atoms with E-state index >= 15 is 0 Å². The van der Waals surface area contributed by atoms with E-state index in [1.807, 2.05) is 48.1 Å². The van der Waals surface area contributed by atoms with Gasteiger partial charge in [-0.3, -0.25) is 9.80 Å². The Morgan fingerprint density at radius 1 is 1.24 bits per heavy atom. The van der Waals surface area contributed by atoms with Gasteiger partial charge >= 0.3 is 6.03 Å². The Labute approximate surface area is 147 Å². The van der Waals surface area contributed by atoms with E-state index < -0.39 is 0 Å². The van der Waals surface area contributed by atoms with E-state index in [2.05, 4.69) is 10.4 Å². The van der Waals surface area contributed by atoms with Crippen molar-refractivity contribution in [3.05, 3.63) is 29.8 Å². The molecule has 7 nitrogen and oxygen atoms in total. The van der Waals surface area contributed by atoms with Crippen LogP contribution in [0.2, 0.25) is 0 Å². The second kappa shape index (κ2) is 6.06. The van der Waals surface area contributed by atoms with E-state index in [4.69, 9.17) is 0 Å². The summed E-state index contributed by atoms with van der Waals surface area (Å²) >= 11 is 0. The Bertz CT molecular complexity index is 729. The number of benzene rings is 1. The minimum Gasteiger partial charge on any atom is -0.336 e. The summed E-state index contributed by atoms with van der Waals surface area (Å²) in [7, 11) is 1.82. The number of hydrogen-bond donors (Lipinski definition) is 1. The van der Waals surface area contributed by atoms with Crippen molar-refractivity contribution in [2.24, 2.45) is 5.10 Å². The minimum atomic E-state index is -0.0462. The number of urea groups is 1. The number of hydrogen-bond acceptors (Lipinski definition) is 4. The van der Waals surface area contributed by atoms with Crippen molar-refractivity contribution in [1.82, 2.24) is 15.1 Å². The third-order valence-electron chi connectivity index (χ3n) is 5.38. The highest BCUT2D eigenvalue weighted by molar-refractivity contribution is 5.95. The van der Waals surface area contributed by atoms with Gasteiger partial charge in [-0.15, -0.1) is 0 Å². The van der Waals surface area contributed by atoms with E-state index in [0.717, 1.165) is 30.8 Å². The molecule has 0 aromatic heterocycles. The second-order valence-electron chi connectivity index (χ2n) is 7.03. The SMILES string of the molecule is CC1=NN(c2ccc(C(=O)N3CC[C@H]4[C@@H](C3)NC(=O)N4C)cc2)CC1. The van der Waals surface area contributed by atoms with Gasteiger partial charge in [0.25, 0.3) is 5.91 Å². The number of amides is 3. The Balaban J connectivity index is 1.44. The van der Waals surface area contributed by atoms with Crippen LogP contribution in [-0.4, -0.2) is 66.2 Å². The molecule has 1 aromatic rings. The second-order valence-corrected chi connectivity index (χ2v) is 7.03. The number of rotatable bonds is 2. The van der Waals surface area contributed by atoms with Crippen molar-refractivity contribution in [2.75, 3.05) is 31.7 Å². The van der Waals surface area contributed by atoms with E-state index in [1.54, 1.807) is 4.90 Å². The van der Waals surface area contributed by atoms with E-state index in [-0.39, 0.29) is 24.0 Å². The lowest BCUT2D eigenvalue weighted by Gasteiger charge is -2.35. The molecule has 2 saturated heterocycles. The predicted molar refractivity (Wildman–Crippen MR) is 95.9 cm³/mol. The number of piperidine rings is 1. The highest BCUT2D eigenvalue weighted by Crippen LogP contribution is 2.24. The van der Waals surface area contributed by atoms with Crippen molar-refractivity contribution >= 4 is 23.3 Å². The smallest absolute Gasteiger partial charge is 0.317 e. The van der Waals surface area contributed by atoms with Crippen molar-refractivity contribution < 1.29 is 9.59 Å². The molecular formula is C18H23N5O2. The zero-order valence-corrected chi connectivity index (χ0v) is 14.6. The number of nitrogens with one attached hydrogen (secondary N) is 1. The van der Waals surface area contributed by atoms with Gasteiger partial charge in [0.1, 0.15) is 0 Å². The van der Waals surface area contributed by atoms with Crippen LogP contribution >= 0.6 is 0 Å². The fraction of sp³-hybridized carbons (Fsp3) is 0.500. The zero-order valence-electron chi connectivity index (χ0n) is 14.6. The Morgan fingerprint density at radius 3 is 2.68 bits per heavy atom. The third-order valence-corrected chi connectivity index (χ3v) is 5.38. The molecule has 0 bridgehead atoms. The maximum Gasteiger partial charge on any atom is 0.317 e. The quantitative estimate of drug-likeness (QED) is 0.887. The summed E-state index contributed by atoms with van der Waals surface area (Å²) in [6.45, 7) is 4.16. The maximum absolute atomic E-state index is 12.8. The van der Waals surface area contributed by atoms with Crippen molar-refractivity contribution in [1.29, 1.82) is 0 Å².